The van der Waals surface area contributed by atoms with Gasteiger partial charge in [-0.15, -0.1) is 11.3 Å². The third-order valence-corrected chi connectivity index (χ3v) is 3.64. The molecule has 2 aromatic rings. The van der Waals surface area contributed by atoms with Crippen LogP contribution in [0.25, 0.3) is 0 Å². The van der Waals surface area contributed by atoms with E-state index < -0.39 is 23.4 Å². The second-order valence-electron chi connectivity index (χ2n) is 4.74. The van der Waals surface area contributed by atoms with Crippen LogP contribution in [0.15, 0.2) is 35.7 Å². The molecule has 130 valence electrons. The summed E-state index contributed by atoms with van der Waals surface area (Å²) in [6.45, 7) is -0.403. The second-order valence-corrected chi connectivity index (χ2v) is 5.60. The maximum Gasteiger partial charge on any atom is 0.381 e. The molecular formula is C16H14N2O6S. The van der Waals surface area contributed by atoms with Crippen LogP contribution in [0.2, 0.25) is 0 Å². The van der Waals surface area contributed by atoms with Crippen LogP contribution in [-0.4, -0.2) is 42.1 Å². The summed E-state index contributed by atoms with van der Waals surface area (Å²) in [6, 6.07) is 8.89. The number of Topliss-reactive ketones (excluding diaryl/α,β-unsaturated/α-hetero) is 2. The molecule has 0 radical (unpaired) electrons. The van der Waals surface area contributed by atoms with E-state index in [0.717, 1.165) is 16.9 Å². The zero-order chi connectivity index (χ0) is 18.2. The van der Waals surface area contributed by atoms with Crippen molar-refractivity contribution >= 4 is 39.9 Å². The summed E-state index contributed by atoms with van der Waals surface area (Å²) < 4.78 is 9.48. The average molecular weight is 362 g/mol. The summed E-state index contributed by atoms with van der Waals surface area (Å²) in [5.74, 6) is -3.69. The highest BCUT2D eigenvalue weighted by Gasteiger charge is 2.22. The van der Waals surface area contributed by atoms with Crippen molar-refractivity contribution < 1.29 is 28.7 Å². The first-order chi connectivity index (χ1) is 12.0. The predicted molar refractivity (Wildman–Crippen MR) is 88.2 cm³/mol. The molecule has 0 aliphatic rings. The third-order valence-electron chi connectivity index (χ3n) is 2.88. The summed E-state index contributed by atoms with van der Waals surface area (Å²) in [4.78, 5) is 50.4. The molecule has 8 nitrogen and oxygen atoms in total. The van der Waals surface area contributed by atoms with Crippen molar-refractivity contribution in [2.45, 2.75) is 6.61 Å². The van der Waals surface area contributed by atoms with Gasteiger partial charge < -0.3 is 9.47 Å². The fourth-order valence-electron chi connectivity index (χ4n) is 1.69. The SMILES string of the molecule is COCC(=O)C(=O)Nc1nc(C(=O)C(=O)OCc2ccccc2)cs1. The van der Waals surface area contributed by atoms with Crippen LogP contribution >= 0.6 is 11.3 Å². The summed E-state index contributed by atoms with van der Waals surface area (Å²) in [5.41, 5.74) is 0.573. The van der Waals surface area contributed by atoms with Gasteiger partial charge in [0.25, 0.3) is 11.7 Å². The van der Waals surface area contributed by atoms with E-state index in [1.54, 1.807) is 24.3 Å². The smallest absolute Gasteiger partial charge is 0.381 e. The predicted octanol–water partition coefficient (Wildman–Crippen LogP) is 1.22. The lowest BCUT2D eigenvalue weighted by Crippen LogP contribution is -2.26. The van der Waals surface area contributed by atoms with Crippen molar-refractivity contribution in [1.82, 2.24) is 4.98 Å². The minimum absolute atomic E-state index is 0.0219. The van der Waals surface area contributed by atoms with E-state index in [2.05, 4.69) is 15.0 Å². The molecular weight excluding hydrogens is 348 g/mol. The molecule has 9 heteroatoms. The van der Waals surface area contributed by atoms with Crippen molar-refractivity contribution in [3.63, 3.8) is 0 Å². The number of methoxy groups -OCH3 is 1. The number of esters is 1. The minimum atomic E-state index is -1.05. The van der Waals surface area contributed by atoms with E-state index in [1.807, 2.05) is 6.07 Å². The first kappa shape index (κ1) is 18.4. The Morgan fingerprint density at radius 1 is 1.16 bits per heavy atom. The number of hydrogen-bond acceptors (Lipinski definition) is 8. The van der Waals surface area contributed by atoms with Crippen LogP contribution < -0.4 is 5.32 Å². The van der Waals surface area contributed by atoms with Gasteiger partial charge in [0.05, 0.1) is 0 Å². The molecule has 1 N–H and O–H groups in total. The summed E-state index contributed by atoms with van der Waals surface area (Å²) >= 11 is 0.909. The number of carbonyl (C=O) groups is 4. The quantitative estimate of drug-likeness (QED) is 0.427. The van der Waals surface area contributed by atoms with E-state index in [4.69, 9.17) is 4.74 Å². The van der Waals surface area contributed by atoms with Gasteiger partial charge in [-0.1, -0.05) is 30.3 Å². The van der Waals surface area contributed by atoms with Crippen LogP contribution in [0, 0.1) is 0 Å². The van der Waals surface area contributed by atoms with Gasteiger partial charge in [0.2, 0.25) is 5.78 Å². The zero-order valence-corrected chi connectivity index (χ0v) is 14.0. The van der Waals surface area contributed by atoms with Crippen LogP contribution in [0.5, 0.6) is 0 Å². The normalized spacial score (nSPS) is 10.1. The zero-order valence-electron chi connectivity index (χ0n) is 13.2. The molecule has 0 bridgehead atoms. The number of rotatable bonds is 8. The number of benzene rings is 1. The maximum atomic E-state index is 12.0. The molecule has 0 aliphatic heterocycles. The van der Waals surface area contributed by atoms with Crippen LogP contribution in [-0.2, 0) is 30.5 Å². The molecule has 0 saturated heterocycles. The molecule has 1 aromatic carbocycles. The fraction of sp³-hybridized carbons (Fsp3) is 0.188. The van der Waals surface area contributed by atoms with Crippen LogP contribution in [0.1, 0.15) is 16.1 Å². The number of aromatic nitrogens is 1. The van der Waals surface area contributed by atoms with Crippen molar-refractivity contribution in [1.29, 1.82) is 0 Å². The monoisotopic (exact) mass is 362 g/mol. The van der Waals surface area contributed by atoms with E-state index >= 15 is 0 Å². The fourth-order valence-corrected chi connectivity index (χ4v) is 2.38. The van der Waals surface area contributed by atoms with Gasteiger partial charge in [0, 0.05) is 12.5 Å². The first-order valence-corrected chi connectivity index (χ1v) is 7.93. The van der Waals surface area contributed by atoms with Gasteiger partial charge >= 0.3 is 5.97 Å². The Balaban J connectivity index is 1.92. The Morgan fingerprint density at radius 3 is 2.56 bits per heavy atom. The molecule has 0 fully saturated rings. The lowest BCUT2D eigenvalue weighted by Gasteiger charge is -2.02. The Bertz CT molecular complexity index is 787. The number of carbonyl (C=O) groups excluding carboxylic acids is 4. The Hall–Kier alpha value is -2.91. The van der Waals surface area contributed by atoms with Crippen molar-refractivity contribution in [2.24, 2.45) is 0 Å². The van der Waals surface area contributed by atoms with E-state index in [9.17, 15) is 19.2 Å². The lowest BCUT2D eigenvalue weighted by atomic mass is 10.2. The molecule has 0 atom stereocenters. The average Bonchev–Trinajstić information content (AvgIpc) is 3.08. The van der Waals surface area contributed by atoms with Gasteiger partial charge in [0.1, 0.15) is 18.9 Å². The molecule has 0 aliphatic carbocycles. The molecule has 25 heavy (non-hydrogen) atoms. The topological polar surface area (TPSA) is 112 Å². The first-order valence-electron chi connectivity index (χ1n) is 7.05. The molecule has 1 heterocycles. The van der Waals surface area contributed by atoms with Crippen LogP contribution in [0.4, 0.5) is 5.13 Å². The van der Waals surface area contributed by atoms with Crippen molar-refractivity contribution in [2.75, 3.05) is 19.0 Å². The van der Waals surface area contributed by atoms with Crippen molar-refractivity contribution in [3.8, 4) is 0 Å². The third kappa shape index (κ3) is 5.30. The molecule has 1 amide bonds. The number of ketones is 2. The molecule has 0 spiro atoms. The molecule has 0 saturated carbocycles. The molecule has 0 unspecified atom stereocenters. The van der Waals surface area contributed by atoms with Gasteiger partial charge in [-0.3, -0.25) is 19.7 Å². The highest BCUT2D eigenvalue weighted by Crippen LogP contribution is 2.16. The highest BCUT2D eigenvalue weighted by molar-refractivity contribution is 7.14. The Morgan fingerprint density at radius 2 is 1.88 bits per heavy atom. The van der Waals surface area contributed by atoms with E-state index in [1.165, 1.54) is 12.5 Å². The number of hydrogen-bond donors (Lipinski definition) is 1. The number of anilines is 1. The summed E-state index contributed by atoms with van der Waals surface area (Å²) in [6.07, 6.45) is 0. The molecule has 1 aromatic heterocycles. The maximum absolute atomic E-state index is 12.0. The Kier molecular flexibility index (Phi) is 6.49. The number of nitrogens with one attached hydrogen (secondary N) is 1. The number of nitrogens with zero attached hydrogens (tertiary/aromatic N) is 1. The minimum Gasteiger partial charge on any atom is -0.455 e. The van der Waals surface area contributed by atoms with Gasteiger partial charge in [-0.2, -0.15) is 0 Å². The second kappa shape index (κ2) is 8.81. The standard InChI is InChI=1S/C16H14N2O6S/c1-23-8-12(19)14(21)18-16-17-11(9-25-16)13(20)15(22)24-7-10-5-3-2-4-6-10/h2-6,9H,7-8H2,1H3,(H,17,18,21). The summed E-state index contributed by atoms with van der Waals surface area (Å²) in [5, 5.41) is 3.55. The van der Waals surface area contributed by atoms with Crippen LogP contribution in [0.3, 0.4) is 0 Å². The summed E-state index contributed by atoms with van der Waals surface area (Å²) in [7, 11) is 1.28. The van der Waals surface area contributed by atoms with E-state index in [-0.39, 0.29) is 24.0 Å². The molecule has 2 rings (SSSR count). The lowest BCUT2D eigenvalue weighted by molar-refractivity contribution is -0.139. The van der Waals surface area contributed by atoms with E-state index in [0.29, 0.717) is 0 Å². The Labute approximate surface area is 146 Å². The van der Waals surface area contributed by atoms with Crippen molar-refractivity contribution in [3.05, 3.63) is 47.0 Å². The van der Waals surface area contributed by atoms with Gasteiger partial charge in [0.15, 0.2) is 5.13 Å². The highest BCUT2D eigenvalue weighted by atomic mass is 32.1. The number of thiazole rings is 1. The number of ether oxygens (including phenoxy) is 2. The number of amides is 1. The van der Waals surface area contributed by atoms with Gasteiger partial charge in [-0.25, -0.2) is 9.78 Å². The largest absolute Gasteiger partial charge is 0.455 e. The van der Waals surface area contributed by atoms with Gasteiger partial charge in [-0.05, 0) is 5.56 Å².